The first-order valence-electron chi connectivity index (χ1n) is 12.9. The van der Waals surface area contributed by atoms with E-state index in [0.29, 0.717) is 11.6 Å². The van der Waals surface area contributed by atoms with Gasteiger partial charge in [-0.3, -0.25) is 19.8 Å². The molecule has 0 bridgehead atoms. The van der Waals surface area contributed by atoms with Crippen molar-refractivity contribution in [1.82, 2.24) is 14.8 Å². The number of rotatable bonds is 6. The number of barbiturate groups is 1. The number of nitrogens with zero attached hydrogens (tertiary/aromatic N) is 2. The van der Waals surface area contributed by atoms with Gasteiger partial charge in [0.25, 0.3) is 11.8 Å². The molecule has 5 rings (SSSR count). The summed E-state index contributed by atoms with van der Waals surface area (Å²) in [4.78, 5) is 39.7. The molecule has 0 spiro atoms. The minimum Gasteiger partial charge on any atom is -0.489 e. The number of ether oxygens (including phenoxy) is 1. The van der Waals surface area contributed by atoms with Crippen molar-refractivity contribution >= 4 is 35.5 Å². The van der Waals surface area contributed by atoms with Gasteiger partial charge in [0.2, 0.25) is 0 Å². The largest absolute Gasteiger partial charge is 0.489 e. The summed E-state index contributed by atoms with van der Waals surface area (Å²) >= 11 is 5.95. The van der Waals surface area contributed by atoms with Crippen LogP contribution in [-0.4, -0.2) is 33.4 Å². The molecule has 2 aliphatic rings. The van der Waals surface area contributed by atoms with E-state index in [2.05, 4.69) is 9.88 Å². The van der Waals surface area contributed by atoms with Gasteiger partial charge in [0, 0.05) is 28.1 Å². The summed E-state index contributed by atoms with van der Waals surface area (Å²) in [6.07, 6.45) is 6.19. The lowest BCUT2D eigenvalue weighted by atomic mass is 9.93. The second kappa shape index (κ2) is 10.9. The van der Waals surface area contributed by atoms with E-state index in [0.717, 1.165) is 66.1 Å². The van der Waals surface area contributed by atoms with E-state index in [1.165, 1.54) is 4.90 Å². The van der Waals surface area contributed by atoms with Crippen LogP contribution in [-0.2, 0) is 16.2 Å². The smallest absolute Gasteiger partial charge is 0.331 e. The van der Waals surface area contributed by atoms with E-state index in [1.807, 2.05) is 68.4 Å². The third-order valence-electron chi connectivity index (χ3n) is 7.26. The molecule has 0 unspecified atom stereocenters. The Kier molecular flexibility index (Phi) is 7.38. The lowest BCUT2D eigenvalue weighted by molar-refractivity contribution is -0.132. The number of aromatic nitrogens is 1. The first kappa shape index (κ1) is 25.8. The summed E-state index contributed by atoms with van der Waals surface area (Å²) < 4.78 is 7.97. The monoisotopic (exact) mass is 531 g/mol. The summed E-state index contributed by atoms with van der Waals surface area (Å²) in [6, 6.07) is 16.5. The van der Waals surface area contributed by atoms with E-state index >= 15 is 0 Å². The van der Waals surface area contributed by atoms with Crippen molar-refractivity contribution < 1.29 is 19.1 Å². The number of amides is 4. The van der Waals surface area contributed by atoms with Crippen LogP contribution in [0, 0.1) is 13.8 Å². The number of halogens is 1. The maximum atomic E-state index is 13.3. The standard InChI is InChI=1S/C30H30ClN3O4/c1-19-16-22(17-27-28(35)32-30(37)34(29(27)36)24-6-4-3-5-7-24)20(2)33(19)25-12-14-26(15-13-25)38-18-21-8-10-23(31)11-9-21/h8-17,24H,3-7,18H2,1-2H3,(H,32,35,37). The third kappa shape index (κ3) is 5.24. The van der Waals surface area contributed by atoms with Gasteiger partial charge >= 0.3 is 6.03 Å². The Bertz CT molecular complexity index is 1400. The molecule has 1 aromatic heterocycles. The maximum absolute atomic E-state index is 13.3. The summed E-state index contributed by atoms with van der Waals surface area (Å²) in [5.74, 6) is -0.429. The molecule has 196 valence electrons. The zero-order chi connectivity index (χ0) is 26.8. The number of benzene rings is 2. The number of nitrogens with one attached hydrogen (secondary N) is 1. The van der Waals surface area contributed by atoms with E-state index in [1.54, 1.807) is 6.08 Å². The van der Waals surface area contributed by atoms with Crippen LogP contribution in [0.15, 0.2) is 60.2 Å². The molecule has 0 radical (unpaired) electrons. The fourth-order valence-electron chi connectivity index (χ4n) is 5.27. The molecule has 1 saturated heterocycles. The van der Waals surface area contributed by atoms with Crippen LogP contribution in [0.2, 0.25) is 5.02 Å². The average molecular weight is 532 g/mol. The zero-order valence-electron chi connectivity index (χ0n) is 21.5. The molecule has 0 atom stereocenters. The Morgan fingerprint density at radius 3 is 2.34 bits per heavy atom. The minimum atomic E-state index is -0.654. The fraction of sp³-hybridized carbons (Fsp3) is 0.300. The topological polar surface area (TPSA) is 80.6 Å². The number of urea groups is 1. The molecule has 1 aliphatic carbocycles. The fourth-order valence-corrected chi connectivity index (χ4v) is 5.39. The summed E-state index contributed by atoms with van der Waals surface area (Å²) in [6.45, 7) is 4.35. The van der Waals surface area contributed by atoms with Crippen molar-refractivity contribution in [1.29, 1.82) is 0 Å². The van der Waals surface area contributed by atoms with Crippen LogP contribution < -0.4 is 10.1 Å². The summed E-state index contributed by atoms with van der Waals surface area (Å²) in [5, 5.41) is 3.05. The number of aryl methyl sites for hydroxylation is 1. The van der Waals surface area contributed by atoms with Gasteiger partial charge in [0.05, 0.1) is 0 Å². The molecule has 4 amide bonds. The number of carbonyl (C=O) groups excluding carboxylic acids is 3. The predicted octanol–water partition coefficient (Wildman–Crippen LogP) is 6.12. The molecule has 1 saturated carbocycles. The highest BCUT2D eigenvalue weighted by Gasteiger charge is 2.40. The molecular weight excluding hydrogens is 502 g/mol. The lowest BCUT2D eigenvalue weighted by Crippen LogP contribution is -2.58. The summed E-state index contributed by atoms with van der Waals surface area (Å²) in [7, 11) is 0. The van der Waals surface area contributed by atoms with E-state index in [-0.39, 0.29) is 11.6 Å². The van der Waals surface area contributed by atoms with Crippen LogP contribution >= 0.6 is 11.6 Å². The van der Waals surface area contributed by atoms with Gasteiger partial charge < -0.3 is 9.30 Å². The Morgan fingerprint density at radius 1 is 0.974 bits per heavy atom. The number of hydrogen-bond acceptors (Lipinski definition) is 4. The molecule has 2 aromatic carbocycles. The normalized spacial score (nSPS) is 17.7. The summed E-state index contributed by atoms with van der Waals surface area (Å²) in [5.41, 5.74) is 4.53. The molecule has 3 aromatic rings. The van der Waals surface area contributed by atoms with Crippen LogP contribution in [0.1, 0.15) is 54.6 Å². The molecule has 2 fully saturated rings. The van der Waals surface area contributed by atoms with E-state index in [9.17, 15) is 14.4 Å². The van der Waals surface area contributed by atoms with Crippen LogP contribution in [0.3, 0.4) is 0 Å². The molecule has 1 N–H and O–H groups in total. The van der Waals surface area contributed by atoms with Gasteiger partial charge in [-0.1, -0.05) is 43.0 Å². The van der Waals surface area contributed by atoms with Crippen LogP contribution in [0.4, 0.5) is 4.79 Å². The molecule has 7 nitrogen and oxygen atoms in total. The first-order valence-corrected chi connectivity index (χ1v) is 13.3. The second-order valence-corrected chi connectivity index (χ2v) is 10.3. The molecule has 2 heterocycles. The van der Waals surface area contributed by atoms with Gasteiger partial charge in [-0.25, -0.2) is 4.79 Å². The Balaban J connectivity index is 1.36. The van der Waals surface area contributed by atoms with Gasteiger partial charge in [-0.2, -0.15) is 0 Å². The van der Waals surface area contributed by atoms with Crippen molar-refractivity contribution in [3.05, 3.63) is 87.7 Å². The van der Waals surface area contributed by atoms with Crippen molar-refractivity contribution in [2.75, 3.05) is 0 Å². The lowest BCUT2D eigenvalue weighted by Gasteiger charge is -2.35. The van der Waals surface area contributed by atoms with Crippen molar-refractivity contribution in [2.24, 2.45) is 0 Å². The maximum Gasteiger partial charge on any atom is 0.331 e. The molecule has 8 heteroatoms. The Labute approximate surface area is 227 Å². The quantitative estimate of drug-likeness (QED) is 0.307. The number of imide groups is 2. The van der Waals surface area contributed by atoms with E-state index in [4.69, 9.17) is 16.3 Å². The van der Waals surface area contributed by atoms with Crippen molar-refractivity contribution in [3.8, 4) is 11.4 Å². The third-order valence-corrected chi connectivity index (χ3v) is 7.51. The Hall–Kier alpha value is -3.84. The van der Waals surface area contributed by atoms with Gasteiger partial charge in [-0.15, -0.1) is 0 Å². The SMILES string of the molecule is Cc1cc(C=C2C(=O)NC(=O)N(C3CCCCC3)C2=O)c(C)n1-c1ccc(OCc2ccc(Cl)cc2)cc1. The van der Waals surface area contributed by atoms with E-state index < -0.39 is 17.8 Å². The highest BCUT2D eigenvalue weighted by atomic mass is 35.5. The minimum absolute atomic E-state index is 0.0126. The second-order valence-electron chi connectivity index (χ2n) is 9.86. The van der Waals surface area contributed by atoms with Gasteiger partial charge in [0.1, 0.15) is 17.9 Å². The predicted molar refractivity (Wildman–Crippen MR) is 146 cm³/mol. The number of hydrogen-bond donors (Lipinski definition) is 1. The highest BCUT2D eigenvalue weighted by Crippen LogP contribution is 2.29. The van der Waals surface area contributed by atoms with Crippen molar-refractivity contribution in [2.45, 2.75) is 58.6 Å². The number of carbonyl (C=O) groups is 3. The Morgan fingerprint density at radius 2 is 1.66 bits per heavy atom. The molecule has 1 aliphatic heterocycles. The van der Waals surface area contributed by atoms with Gasteiger partial charge in [-0.05, 0) is 86.4 Å². The highest BCUT2D eigenvalue weighted by molar-refractivity contribution is 6.31. The van der Waals surface area contributed by atoms with Gasteiger partial charge in [0.15, 0.2) is 0 Å². The van der Waals surface area contributed by atoms with Crippen LogP contribution in [0.5, 0.6) is 5.75 Å². The van der Waals surface area contributed by atoms with Crippen LogP contribution in [0.25, 0.3) is 11.8 Å². The molecular formula is C30H30ClN3O4. The first-order chi connectivity index (χ1) is 18.3. The average Bonchev–Trinajstić information content (AvgIpc) is 3.19. The zero-order valence-corrected chi connectivity index (χ0v) is 22.3. The molecule has 38 heavy (non-hydrogen) atoms. The van der Waals surface area contributed by atoms with Crippen molar-refractivity contribution in [3.63, 3.8) is 0 Å².